The molecule has 13 heteroatoms. The number of likely N-dealkylation sites (tertiary alicyclic amines) is 2. The number of piperidine rings is 1. The molecule has 3 fully saturated rings. The minimum Gasteiger partial charge on any atom is -0.493 e. The Labute approximate surface area is 262 Å². The summed E-state index contributed by atoms with van der Waals surface area (Å²) in [7, 11) is 0. The van der Waals surface area contributed by atoms with Crippen LogP contribution in [0.5, 0.6) is 5.75 Å². The third kappa shape index (κ3) is 8.15. The van der Waals surface area contributed by atoms with E-state index in [4.69, 9.17) is 21.4 Å². The zero-order valence-corrected chi connectivity index (χ0v) is 25.7. The molecule has 0 radical (unpaired) electrons. The molecule has 2 aromatic rings. The van der Waals surface area contributed by atoms with Gasteiger partial charge < -0.3 is 35.0 Å². The normalized spacial score (nSPS) is 20.9. The summed E-state index contributed by atoms with van der Waals surface area (Å²) in [4.78, 5) is 27.5. The van der Waals surface area contributed by atoms with Crippen LogP contribution in [-0.2, 0) is 11.2 Å². The Morgan fingerprint density at radius 2 is 1.82 bits per heavy atom. The van der Waals surface area contributed by atoms with Crippen molar-refractivity contribution >= 4 is 23.5 Å². The highest BCUT2D eigenvalue weighted by Gasteiger charge is 2.49. The number of anilines is 1. The molecule has 0 aliphatic carbocycles. The molecule has 5 rings (SSSR count). The van der Waals surface area contributed by atoms with Gasteiger partial charge in [0.15, 0.2) is 0 Å². The van der Waals surface area contributed by atoms with Gasteiger partial charge >= 0.3 is 0 Å². The molecule has 1 amide bonds. The molecular weight excluding hydrogens is 593 g/mol. The number of aromatic nitrogens is 2. The average Bonchev–Trinajstić information content (AvgIpc) is 3.46. The minimum atomic E-state index is -1.42. The number of aliphatic hydroxyl groups excluding tert-OH is 4. The van der Waals surface area contributed by atoms with E-state index < -0.39 is 30.7 Å². The van der Waals surface area contributed by atoms with E-state index in [1.54, 1.807) is 29.4 Å². The van der Waals surface area contributed by atoms with Crippen molar-refractivity contribution in [2.45, 2.75) is 56.8 Å². The van der Waals surface area contributed by atoms with Crippen molar-refractivity contribution in [2.24, 2.45) is 11.3 Å². The van der Waals surface area contributed by atoms with Crippen LogP contribution in [0.25, 0.3) is 0 Å². The number of benzene rings is 1. The first-order chi connectivity index (χ1) is 21.1. The molecule has 4 N–H and O–H groups in total. The molecule has 242 valence electrons. The summed E-state index contributed by atoms with van der Waals surface area (Å²) in [5.74, 6) is 1.20. The smallest absolute Gasteiger partial charge is 0.227 e. The lowest BCUT2D eigenvalue weighted by molar-refractivity contribution is -0.131. The molecule has 3 aliphatic heterocycles. The lowest BCUT2D eigenvalue weighted by Crippen LogP contribution is -2.60. The van der Waals surface area contributed by atoms with Crippen LogP contribution in [0.3, 0.4) is 0 Å². The summed E-state index contributed by atoms with van der Waals surface area (Å²) in [5, 5.41) is 39.0. The fourth-order valence-electron chi connectivity index (χ4n) is 6.66. The Morgan fingerprint density at radius 3 is 2.50 bits per heavy atom. The van der Waals surface area contributed by atoms with Crippen molar-refractivity contribution in [1.29, 1.82) is 0 Å². The second-order valence-corrected chi connectivity index (χ2v) is 13.0. The summed E-state index contributed by atoms with van der Waals surface area (Å²) in [5.41, 5.74) is 0.267. The number of amides is 1. The van der Waals surface area contributed by atoms with Crippen LogP contribution in [0.4, 0.5) is 10.3 Å². The predicted molar refractivity (Wildman–Crippen MR) is 162 cm³/mol. The molecule has 3 saturated heterocycles. The van der Waals surface area contributed by atoms with Gasteiger partial charge in [0.2, 0.25) is 11.9 Å². The lowest BCUT2D eigenvalue weighted by atomic mass is 9.79. The zero-order chi connectivity index (χ0) is 31.3. The predicted octanol–water partition coefficient (Wildman–Crippen LogP) is 1.50. The van der Waals surface area contributed by atoms with Crippen LogP contribution in [-0.4, -0.2) is 123 Å². The summed E-state index contributed by atoms with van der Waals surface area (Å²) < 4.78 is 20.7. The van der Waals surface area contributed by atoms with Gasteiger partial charge in [-0.2, -0.15) is 0 Å². The first kappa shape index (κ1) is 32.8. The number of rotatable bonds is 13. The Balaban J connectivity index is 0.986. The maximum Gasteiger partial charge on any atom is 0.227 e. The molecule has 4 heterocycles. The lowest BCUT2D eigenvalue weighted by Gasteiger charge is -2.49. The van der Waals surface area contributed by atoms with Crippen molar-refractivity contribution in [3.8, 4) is 5.75 Å². The standard InChI is InChI=1S/C31H43ClFN5O6/c32-23-14-34-30(35-15-23)37-8-5-21(6-9-37)2-1-11-44-24-4-3-22(25(33)13-24)12-28(42)38-10-7-31(20-38)18-36(19-31)16-26(40)29(43)27(41)17-39/h3-4,13-15,21,26-27,29,39-41,43H,1-2,5-12,16-20H2/t26-,27+,29-/m0/s1. The Bertz CT molecular complexity index is 1240. The van der Waals surface area contributed by atoms with Gasteiger partial charge in [0.1, 0.15) is 23.8 Å². The highest BCUT2D eigenvalue weighted by Crippen LogP contribution is 2.40. The molecule has 44 heavy (non-hydrogen) atoms. The fraction of sp³-hybridized carbons (Fsp3) is 0.645. The summed E-state index contributed by atoms with van der Waals surface area (Å²) >= 11 is 5.88. The Kier molecular flexibility index (Phi) is 10.9. The first-order valence-corrected chi connectivity index (χ1v) is 15.8. The van der Waals surface area contributed by atoms with Crippen LogP contribution in [0, 0.1) is 17.2 Å². The van der Waals surface area contributed by atoms with Gasteiger partial charge in [-0.3, -0.25) is 9.69 Å². The molecule has 0 unspecified atom stereocenters. The Hall–Kier alpha value is -2.61. The van der Waals surface area contributed by atoms with Crippen molar-refractivity contribution < 1.29 is 34.3 Å². The number of hydrogen-bond donors (Lipinski definition) is 4. The van der Waals surface area contributed by atoms with Crippen LogP contribution < -0.4 is 9.64 Å². The molecule has 3 atom stereocenters. The SMILES string of the molecule is O=C(Cc1ccc(OCCCC2CCN(c3ncc(Cl)cn3)CC2)cc1F)N1CCC2(CN(C[C@H](O)[C@H](O)[C@H](O)CO)C2)C1. The molecule has 1 aromatic carbocycles. The van der Waals surface area contributed by atoms with Crippen molar-refractivity contribution in [3.63, 3.8) is 0 Å². The van der Waals surface area contributed by atoms with E-state index >= 15 is 0 Å². The zero-order valence-electron chi connectivity index (χ0n) is 24.9. The van der Waals surface area contributed by atoms with Crippen molar-refractivity contribution in [1.82, 2.24) is 19.8 Å². The number of β-amino-alcohol motifs (C(OH)–C–C–N with tert-alkyl or cyclic N) is 1. The van der Waals surface area contributed by atoms with Gasteiger partial charge in [-0.25, -0.2) is 14.4 Å². The maximum absolute atomic E-state index is 14.9. The van der Waals surface area contributed by atoms with Crippen LogP contribution >= 0.6 is 11.6 Å². The number of nitrogens with zero attached hydrogens (tertiary/aromatic N) is 5. The fourth-order valence-corrected chi connectivity index (χ4v) is 6.76. The average molecular weight is 636 g/mol. The molecule has 11 nitrogen and oxygen atoms in total. The summed E-state index contributed by atoms with van der Waals surface area (Å²) in [6, 6.07) is 4.70. The molecule has 3 aliphatic rings. The third-order valence-electron chi connectivity index (χ3n) is 9.23. The monoisotopic (exact) mass is 635 g/mol. The van der Waals surface area contributed by atoms with E-state index in [1.165, 1.54) is 6.07 Å². The largest absolute Gasteiger partial charge is 0.493 e. The van der Waals surface area contributed by atoms with E-state index in [2.05, 4.69) is 14.9 Å². The van der Waals surface area contributed by atoms with E-state index in [9.17, 15) is 24.5 Å². The van der Waals surface area contributed by atoms with Gasteiger partial charge in [0, 0.05) is 57.3 Å². The van der Waals surface area contributed by atoms with E-state index in [0.29, 0.717) is 61.0 Å². The molecule has 0 bridgehead atoms. The number of carbonyl (C=O) groups excluding carboxylic acids is 1. The summed E-state index contributed by atoms with van der Waals surface area (Å²) in [6.45, 7) is 4.34. The van der Waals surface area contributed by atoms with Crippen LogP contribution in [0.1, 0.15) is 37.7 Å². The maximum atomic E-state index is 14.9. The Morgan fingerprint density at radius 1 is 1.09 bits per heavy atom. The summed E-state index contributed by atoms with van der Waals surface area (Å²) in [6.07, 6.45) is 4.08. The number of aliphatic hydroxyl groups is 4. The third-order valence-corrected chi connectivity index (χ3v) is 9.42. The number of halogens is 2. The van der Waals surface area contributed by atoms with E-state index in [-0.39, 0.29) is 24.3 Å². The van der Waals surface area contributed by atoms with Gasteiger partial charge in [0.05, 0.1) is 43.2 Å². The quantitative estimate of drug-likeness (QED) is 0.239. The van der Waals surface area contributed by atoms with Crippen LogP contribution in [0.15, 0.2) is 30.6 Å². The second kappa shape index (κ2) is 14.7. The topological polar surface area (TPSA) is 143 Å². The molecule has 1 aromatic heterocycles. The molecule has 1 spiro atoms. The second-order valence-electron chi connectivity index (χ2n) is 12.6. The minimum absolute atomic E-state index is 0.0182. The molecular formula is C31H43ClFN5O6. The van der Waals surface area contributed by atoms with Gasteiger partial charge in [0.25, 0.3) is 0 Å². The highest BCUT2D eigenvalue weighted by molar-refractivity contribution is 6.30. The van der Waals surface area contributed by atoms with Crippen LogP contribution in [0.2, 0.25) is 5.02 Å². The number of ether oxygens (including phenoxy) is 1. The van der Waals surface area contributed by atoms with Gasteiger partial charge in [-0.1, -0.05) is 17.7 Å². The highest BCUT2D eigenvalue weighted by atomic mass is 35.5. The van der Waals surface area contributed by atoms with Crippen molar-refractivity contribution in [3.05, 3.63) is 47.0 Å². The number of hydrogen-bond acceptors (Lipinski definition) is 10. The number of carbonyl (C=O) groups is 1. The van der Waals surface area contributed by atoms with Gasteiger partial charge in [-0.05, 0) is 49.7 Å². The first-order valence-electron chi connectivity index (χ1n) is 15.4. The van der Waals surface area contributed by atoms with E-state index in [1.807, 2.05) is 4.90 Å². The molecule has 0 saturated carbocycles. The van der Waals surface area contributed by atoms with Crippen molar-refractivity contribution in [2.75, 3.05) is 63.9 Å². The van der Waals surface area contributed by atoms with E-state index in [0.717, 1.165) is 45.2 Å². The van der Waals surface area contributed by atoms with Gasteiger partial charge in [-0.15, -0.1) is 0 Å².